The number of aromatic hydroxyl groups is 3. The third-order valence-electron chi connectivity index (χ3n) is 9.98. The fraction of sp³-hybridized carbons (Fsp3) is 0.436. The number of ketones is 3. The first-order valence-electron chi connectivity index (χ1n) is 17.4. The van der Waals surface area contributed by atoms with Crippen molar-refractivity contribution in [3.8, 4) is 23.0 Å². The standard InChI is InChI=1S/C39H43NO14/c1-17-32(43)22(40)12-27(53-17)54-25-14-39(49,26(42)16-51-37(48)18-9-10-19(23(41)11-18)15-52-38(2,3)4)13-21-29(25)36(47)31-30(34(21)45)33(44)20-7-6-8-24(50-5)28(20)35(31)46/h6-11,17,22,25,27,32,41,43,45,47,49H,12-16,40H2,1-5H3/t17-,22-,25-,27-,32+,39-/m0/s1. The highest BCUT2D eigenvalue weighted by Crippen LogP contribution is 2.52. The molecule has 0 amide bonds. The second-order valence-corrected chi connectivity index (χ2v) is 14.8. The number of ether oxygens (including phenoxy) is 5. The summed E-state index contributed by atoms with van der Waals surface area (Å²) in [5.41, 5.74) is 1.82. The number of Topliss-reactive ketones (excluding diaryl/α,β-unsaturated/α-hetero) is 1. The van der Waals surface area contributed by atoms with Gasteiger partial charge in [0, 0.05) is 47.6 Å². The van der Waals surface area contributed by atoms with Gasteiger partial charge in [-0.15, -0.1) is 0 Å². The first-order valence-corrected chi connectivity index (χ1v) is 17.4. The number of esters is 1. The molecule has 1 fully saturated rings. The van der Waals surface area contributed by atoms with Crippen molar-refractivity contribution in [1.82, 2.24) is 0 Å². The topological polar surface area (TPSA) is 242 Å². The van der Waals surface area contributed by atoms with E-state index in [1.807, 2.05) is 20.8 Å². The molecule has 15 nitrogen and oxygen atoms in total. The molecule has 3 aliphatic rings. The van der Waals surface area contributed by atoms with Gasteiger partial charge in [0.25, 0.3) is 0 Å². The van der Waals surface area contributed by atoms with Crippen molar-refractivity contribution in [2.45, 2.75) is 95.4 Å². The van der Waals surface area contributed by atoms with Gasteiger partial charge in [-0.1, -0.05) is 18.2 Å². The van der Waals surface area contributed by atoms with Gasteiger partial charge in [0.15, 0.2) is 18.7 Å². The van der Waals surface area contributed by atoms with Gasteiger partial charge in [0.1, 0.15) is 28.6 Å². The molecule has 3 aromatic rings. The molecule has 0 unspecified atom stereocenters. The van der Waals surface area contributed by atoms with Gasteiger partial charge in [-0.2, -0.15) is 0 Å². The van der Waals surface area contributed by atoms with E-state index in [-0.39, 0.29) is 52.3 Å². The molecule has 6 atom stereocenters. The Morgan fingerprint density at radius 1 is 1.02 bits per heavy atom. The molecule has 15 heteroatoms. The summed E-state index contributed by atoms with van der Waals surface area (Å²) >= 11 is 0. The molecule has 0 bridgehead atoms. The number of aliphatic hydroxyl groups excluding tert-OH is 1. The Labute approximate surface area is 310 Å². The Morgan fingerprint density at radius 3 is 2.37 bits per heavy atom. The Morgan fingerprint density at radius 2 is 1.72 bits per heavy atom. The molecular formula is C39H43NO14. The number of hydrogen-bond acceptors (Lipinski definition) is 15. The van der Waals surface area contributed by atoms with Gasteiger partial charge in [-0.25, -0.2) is 4.79 Å². The third-order valence-corrected chi connectivity index (χ3v) is 9.98. The van der Waals surface area contributed by atoms with E-state index in [4.69, 9.17) is 29.4 Å². The predicted molar refractivity (Wildman–Crippen MR) is 188 cm³/mol. The van der Waals surface area contributed by atoms with Gasteiger partial charge in [0.2, 0.25) is 11.6 Å². The monoisotopic (exact) mass is 749 g/mol. The number of phenols is 3. The highest BCUT2D eigenvalue weighted by molar-refractivity contribution is 6.31. The van der Waals surface area contributed by atoms with Crippen LogP contribution in [0, 0.1) is 0 Å². The summed E-state index contributed by atoms with van der Waals surface area (Å²) in [6.07, 6.45) is -5.75. The fourth-order valence-electron chi connectivity index (χ4n) is 7.06. The number of carbonyl (C=O) groups is 4. The average Bonchev–Trinajstić information content (AvgIpc) is 3.11. The van der Waals surface area contributed by atoms with Crippen LogP contribution in [-0.2, 0) is 36.8 Å². The Kier molecular flexibility index (Phi) is 10.3. The van der Waals surface area contributed by atoms with Crippen molar-refractivity contribution in [2.75, 3.05) is 13.7 Å². The van der Waals surface area contributed by atoms with Crippen LogP contribution in [0.15, 0.2) is 36.4 Å². The lowest BCUT2D eigenvalue weighted by atomic mass is 9.72. The van der Waals surface area contributed by atoms with Crippen LogP contribution in [0.5, 0.6) is 23.0 Å². The van der Waals surface area contributed by atoms with Gasteiger partial charge in [-0.3, -0.25) is 14.4 Å². The van der Waals surface area contributed by atoms with Crippen LogP contribution in [0.2, 0.25) is 0 Å². The number of aliphatic hydroxyl groups is 2. The van der Waals surface area contributed by atoms with E-state index in [1.165, 1.54) is 37.4 Å². The molecule has 6 rings (SSSR count). The number of methoxy groups -OCH3 is 1. The molecule has 2 aliphatic carbocycles. The minimum Gasteiger partial charge on any atom is -0.508 e. The summed E-state index contributed by atoms with van der Waals surface area (Å²) in [6.45, 7) is 6.22. The smallest absolute Gasteiger partial charge is 0.338 e. The number of hydrogen-bond donors (Lipinski definition) is 6. The summed E-state index contributed by atoms with van der Waals surface area (Å²) in [6, 6.07) is 7.53. The molecule has 0 aromatic heterocycles. The van der Waals surface area contributed by atoms with Gasteiger partial charge in [0.05, 0.1) is 59.9 Å². The quantitative estimate of drug-likeness (QED) is 0.107. The van der Waals surface area contributed by atoms with Crippen LogP contribution in [0.3, 0.4) is 0 Å². The zero-order chi connectivity index (χ0) is 39.4. The van der Waals surface area contributed by atoms with E-state index < -0.39 is 107 Å². The first kappa shape index (κ1) is 38.8. The summed E-state index contributed by atoms with van der Waals surface area (Å²) in [4.78, 5) is 54.5. The van der Waals surface area contributed by atoms with Crippen LogP contribution in [0.4, 0.5) is 0 Å². The molecule has 3 aromatic carbocycles. The molecular weight excluding hydrogens is 706 g/mol. The molecule has 7 N–H and O–H groups in total. The molecule has 288 valence electrons. The minimum absolute atomic E-state index is 0.0467. The van der Waals surface area contributed by atoms with Crippen molar-refractivity contribution in [1.29, 1.82) is 0 Å². The lowest BCUT2D eigenvalue weighted by Crippen LogP contribution is -2.53. The van der Waals surface area contributed by atoms with Crippen molar-refractivity contribution in [2.24, 2.45) is 5.73 Å². The molecule has 1 heterocycles. The van der Waals surface area contributed by atoms with Crippen LogP contribution in [0.25, 0.3) is 0 Å². The summed E-state index contributed by atoms with van der Waals surface area (Å²) in [5.74, 6) is -5.29. The van der Waals surface area contributed by atoms with Crippen LogP contribution in [-0.4, -0.2) is 98.3 Å². The van der Waals surface area contributed by atoms with Gasteiger partial charge >= 0.3 is 5.97 Å². The maximum Gasteiger partial charge on any atom is 0.338 e. The maximum absolute atomic E-state index is 13.9. The summed E-state index contributed by atoms with van der Waals surface area (Å²) in [7, 11) is 1.31. The zero-order valence-electron chi connectivity index (χ0n) is 30.4. The minimum atomic E-state index is -2.42. The molecule has 1 saturated heterocycles. The molecule has 0 spiro atoms. The van der Waals surface area contributed by atoms with Gasteiger partial charge in [-0.05, 0) is 45.9 Å². The van der Waals surface area contributed by atoms with Gasteiger partial charge < -0.3 is 55.0 Å². The Bertz CT molecular complexity index is 2020. The highest BCUT2D eigenvalue weighted by Gasteiger charge is 2.50. The van der Waals surface area contributed by atoms with Crippen molar-refractivity contribution in [3.05, 3.63) is 80.9 Å². The van der Waals surface area contributed by atoms with Crippen LogP contribution >= 0.6 is 0 Å². The van der Waals surface area contributed by atoms with E-state index in [1.54, 1.807) is 6.92 Å². The molecule has 54 heavy (non-hydrogen) atoms. The number of rotatable bonds is 9. The fourth-order valence-corrected chi connectivity index (χ4v) is 7.06. The summed E-state index contributed by atoms with van der Waals surface area (Å²) < 4.78 is 28.2. The zero-order valence-corrected chi connectivity index (χ0v) is 30.4. The predicted octanol–water partition coefficient (Wildman–Crippen LogP) is 2.89. The Hall–Kier alpha value is -4.90. The number of fused-ring (bicyclic) bond motifs is 3. The van der Waals surface area contributed by atoms with E-state index in [0.717, 1.165) is 6.07 Å². The van der Waals surface area contributed by atoms with E-state index >= 15 is 0 Å². The maximum atomic E-state index is 13.9. The lowest BCUT2D eigenvalue weighted by molar-refractivity contribution is -0.247. The molecule has 0 saturated carbocycles. The number of carbonyl (C=O) groups excluding carboxylic acids is 4. The number of benzene rings is 3. The normalized spacial score (nSPS) is 25.0. The Balaban J connectivity index is 1.33. The van der Waals surface area contributed by atoms with Crippen LogP contribution < -0.4 is 10.5 Å². The van der Waals surface area contributed by atoms with E-state index in [0.29, 0.717) is 5.56 Å². The van der Waals surface area contributed by atoms with Crippen molar-refractivity contribution < 1.29 is 68.4 Å². The number of nitrogens with two attached hydrogens (primary N) is 1. The highest BCUT2D eigenvalue weighted by atomic mass is 16.7. The van der Waals surface area contributed by atoms with Crippen molar-refractivity contribution in [3.63, 3.8) is 0 Å². The van der Waals surface area contributed by atoms with E-state index in [2.05, 4.69) is 0 Å². The molecule has 1 aliphatic heterocycles. The van der Waals surface area contributed by atoms with Crippen molar-refractivity contribution >= 4 is 23.3 Å². The number of phenolic OH excluding ortho intramolecular Hbond substituents is 3. The first-order chi connectivity index (χ1) is 25.3. The lowest BCUT2D eigenvalue weighted by Gasteiger charge is -2.42. The SMILES string of the molecule is COc1cccc2c1C(=O)c1c(O)c3c(c(O)c1C2=O)C[C@@](O)(C(=O)COC(=O)c1ccc(COC(C)(C)C)c(O)c1)C[C@@H]3O[C@H]1C[C@H](N)[C@H](O)[C@H](C)O1. The second kappa shape index (κ2) is 14.4. The average molecular weight is 750 g/mol. The molecule has 0 radical (unpaired) electrons. The van der Waals surface area contributed by atoms with Crippen LogP contribution in [0.1, 0.15) is 106 Å². The largest absolute Gasteiger partial charge is 0.508 e. The third kappa shape index (κ3) is 7.06. The van der Waals surface area contributed by atoms with E-state index in [9.17, 15) is 44.7 Å². The second-order valence-electron chi connectivity index (χ2n) is 14.8. The summed E-state index contributed by atoms with van der Waals surface area (Å²) in [5, 5.41) is 56.2.